The number of carbonyl (C=O) groups excluding carboxylic acids is 2. The molecule has 2 aromatic carbocycles. The van der Waals surface area contributed by atoms with Crippen molar-refractivity contribution in [1.82, 2.24) is 4.98 Å². The number of hydrogen-bond acceptors (Lipinski definition) is 7. The molecule has 0 aliphatic heterocycles. The first-order valence-corrected chi connectivity index (χ1v) is 9.93. The van der Waals surface area contributed by atoms with Crippen LogP contribution in [0.2, 0.25) is 0 Å². The number of ether oxygens (including phenoxy) is 1. The second-order valence-electron chi connectivity index (χ2n) is 6.14. The summed E-state index contributed by atoms with van der Waals surface area (Å²) in [5.41, 5.74) is 2.54. The SMILES string of the molecule is C[C@@H](OC(=O)c1ccccc1NCCO)C(=O)Nc1nc(-c2ccccc2)cs1. The number of carbonyl (C=O) groups is 2. The first-order valence-electron chi connectivity index (χ1n) is 9.05. The summed E-state index contributed by atoms with van der Waals surface area (Å²) in [5, 5.41) is 16.9. The second-order valence-corrected chi connectivity index (χ2v) is 6.99. The number of benzene rings is 2. The van der Waals surface area contributed by atoms with Crippen LogP contribution in [0.15, 0.2) is 60.0 Å². The number of nitrogens with zero attached hydrogens (tertiary/aromatic N) is 1. The van der Waals surface area contributed by atoms with Gasteiger partial charge in [-0.05, 0) is 19.1 Å². The number of aromatic nitrogens is 1. The van der Waals surface area contributed by atoms with E-state index >= 15 is 0 Å². The fraction of sp³-hybridized carbons (Fsp3) is 0.190. The minimum atomic E-state index is -1.00. The maximum atomic E-state index is 12.5. The highest BCUT2D eigenvalue weighted by Gasteiger charge is 2.21. The van der Waals surface area contributed by atoms with Gasteiger partial charge in [0.25, 0.3) is 5.91 Å². The van der Waals surface area contributed by atoms with Gasteiger partial charge >= 0.3 is 5.97 Å². The fourth-order valence-corrected chi connectivity index (χ4v) is 3.29. The summed E-state index contributed by atoms with van der Waals surface area (Å²) in [5.74, 6) is -1.09. The molecule has 8 heteroatoms. The van der Waals surface area contributed by atoms with E-state index in [0.717, 1.165) is 11.3 Å². The lowest BCUT2D eigenvalue weighted by molar-refractivity contribution is -0.123. The normalized spacial score (nSPS) is 11.5. The van der Waals surface area contributed by atoms with E-state index in [4.69, 9.17) is 9.84 Å². The average molecular weight is 411 g/mol. The molecule has 0 aliphatic carbocycles. The smallest absolute Gasteiger partial charge is 0.341 e. The molecule has 1 heterocycles. The highest BCUT2D eigenvalue weighted by atomic mass is 32.1. The Morgan fingerprint density at radius 2 is 1.86 bits per heavy atom. The molecular weight excluding hydrogens is 390 g/mol. The molecule has 0 fully saturated rings. The van der Waals surface area contributed by atoms with E-state index in [1.54, 1.807) is 24.3 Å². The molecule has 3 N–H and O–H groups in total. The van der Waals surface area contributed by atoms with E-state index in [2.05, 4.69) is 15.6 Å². The number of anilines is 2. The number of amides is 1. The van der Waals surface area contributed by atoms with Crippen molar-refractivity contribution < 1.29 is 19.4 Å². The summed E-state index contributed by atoms with van der Waals surface area (Å²) < 4.78 is 5.31. The third-order valence-corrected chi connectivity index (χ3v) is 4.79. The Kier molecular flexibility index (Phi) is 6.94. The predicted molar refractivity (Wildman–Crippen MR) is 113 cm³/mol. The highest BCUT2D eigenvalue weighted by Crippen LogP contribution is 2.25. The van der Waals surface area contributed by atoms with Crippen LogP contribution >= 0.6 is 11.3 Å². The highest BCUT2D eigenvalue weighted by molar-refractivity contribution is 7.14. The first kappa shape index (κ1) is 20.5. The van der Waals surface area contributed by atoms with Crippen molar-refractivity contribution in [2.24, 2.45) is 0 Å². The van der Waals surface area contributed by atoms with Crippen LogP contribution in [0.4, 0.5) is 10.8 Å². The lowest BCUT2D eigenvalue weighted by atomic mass is 10.2. The third kappa shape index (κ3) is 5.40. The Morgan fingerprint density at radius 1 is 1.14 bits per heavy atom. The van der Waals surface area contributed by atoms with Crippen molar-refractivity contribution in [1.29, 1.82) is 0 Å². The van der Waals surface area contributed by atoms with Crippen molar-refractivity contribution in [3.63, 3.8) is 0 Å². The van der Waals surface area contributed by atoms with E-state index in [9.17, 15) is 9.59 Å². The molecule has 3 rings (SSSR count). The van der Waals surface area contributed by atoms with Gasteiger partial charge in [-0.2, -0.15) is 0 Å². The minimum absolute atomic E-state index is 0.0685. The molecule has 0 saturated heterocycles. The predicted octanol–water partition coefficient (Wildman–Crippen LogP) is 3.40. The van der Waals surface area contributed by atoms with Gasteiger partial charge in [0.1, 0.15) is 0 Å². The van der Waals surface area contributed by atoms with E-state index in [-0.39, 0.29) is 6.61 Å². The summed E-state index contributed by atoms with van der Waals surface area (Å²) in [6.45, 7) is 1.73. The van der Waals surface area contributed by atoms with Gasteiger partial charge in [-0.25, -0.2) is 9.78 Å². The zero-order chi connectivity index (χ0) is 20.6. The van der Waals surface area contributed by atoms with E-state index in [1.807, 2.05) is 35.7 Å². The Balaban J connectivity index is 1.61. The molecule has 1 aromatic heterocycles. The van der Waals surface area contributed by atoms with Gasteiger partial charge in [0.15, 0.2) is 11.2 Å². The van der Waals surface area contributed by atoms with Crippen molar-refractivity contribution in [3.05, 3.63) is 65.5 Å². The molecule has 1 amide bonds. The van der Waals surface area contributed by atoms with Crippen LogP contribution in [0.5, 0.6) is 0 Å². The van der Waals surface area contributed by atoms with Crippen LogP contribution in [0.1, 0.15) is 17.3 Å². The van der Waals surface area contributed by atoms with Gasteiger partial charge < -0.3 is 15.2 Å². The fourth-order valence-electron chi connectivity index (χ4n) is 2.56. The lowest BCUT2D eigenvalue weighted by Crippen LogP contribution is -2.30. The summed E-state index contributed by atoms with van der Waals surface area (Å²) in [4.78, 5) is 29.3. The number of para-hydroxylation sites is 1. The average Bonchev–Trinajstić information content (AvgIpc) is 3.21. The van der Waals surface area contributed by atoms with Crippen LogP contribution in [0, 0.1) is 0 Å². The molecule has 3 aromatic rings. The van der Waals surface area contributed by atoms with Crippen LogP contribution in [-0.2, 0) is 9.53 Å². The number of hydrogen-bond donors (Lipinski definition) is 3. The van der Waals surface area contributed by atoms with Crippen LogP contribution in [-0.4, -0.2) is 41.2 Å². The lowest BCUT2D eigenvalue weighted by Gasteiger charge is -2.15. The first-order chi connectivity index (χ1) is 14.1. The molecule has 150 valence electrons. The molecule has 0 saturated carbocycles. The topological polar surface area (TPSA) is 101 Å². The third-order valence-electron chi connectivity index (χ3n) is 4.03. The molecule has 7 nitrogen and oxygen atoms in total. The summed E-state index contributed by atoms with van der Waals surface area (Å²) >= 11 is 1.30. The van der Waals surface area contributed by atoms with Crippen molar-refractivity contribution in [3.8, 4) is 11.3 Å². The van der Waals surface area contributed by atoms with Crippen LogP contribution in [0.25, 0.3) is 11.3 Å². The molecule has 0 bridgehead atoms. The van der Waals surface area contributed by atoms with Gasteiger partial charge in [0, 0.05) is 23.2 Å². The number of thiazole rings is 1. The minimum Gasteiger partial charge on any atom is -0.449 e. The van der Waals surface area contributed by atoms with Gasteiger partial charge in [-0.1, -0.05) is 42.5 Å². The van der Waals surface area contributed by atoms with E-state index in [1.165, 1.54) is 18.3 Å². The summed E-state index contributed by atoms with van der Waals surface area (Å²) in [6.07, 6.45) is -1.00. The van der Waals surface area contributed by atoms with E-state index in [0.29, 0.717) is 22.9 Å². The largest absolute Gasteiger partial charge is 0.449 e. The molecule has 0 radical (unpaired) electrons. The summed E-state index contributed by atoms with van der Waals surface area (Å²) in [7, 11) is 0. The molecule has 1 atom stereocenters. The number of nitrogens with one attached hydrogen (secondary N) is 2. The van der Waals surface area contributed by atoms with Gasteiger partial charge in [0.2, 0.25) is 0 Å². The van der Waals surface area contributed by atoms with Crippen LogP contribution < -0.4 is 10.6 Å². The Bertz CT molecular complexity index is 975. The molecule has 0 spiro atoms. The zero-order valence-electron chi connectivity index (χ0n) is 15.8. The van der Waals surface area contributed by atoms with Crippen molar-refractivity contribution in [2.75, 3.05) is 23.8 Å². The monoisotopic (exact) mass is 411 g/mol. The van der Waals surface area contributed by atoms with Gasteiger partial charge in [-0.15, -0.1) is 11.3 Å². The molecular formula is C21H21N3O4S. The maximum Gasteiger partial charge on any atom is 0.341 e. The zero-order valence-corrected chi connectivity index (χ0v) is 16.6. The molecule has 0 aliphatic rings. The van der Waals surface area contributed by atoms with Crippen molar-refractivity contribution >= 4 is 34.0 Å². The second kappa shape index (κ2) is 9.81. The van der Waals surface area contributed by atoms with Crippen LogP contribution in [0.3, 0.4) is 0 Å². The van der Waals surface area contributed by atoms with E-state index < -0.39 is 18.0 Å². The molecule has 0 unspecified atom stereocenters. The van der Waals surface area contributed by atoms with Gasteiger partial charge in [0.05, 0.1) is 17.9 Å². The molecule has 29 heavy (non-hydrogen) atoms. The van der Waals surface area contributed by atoms with Crippen molar-refractivity contribution in [2.45, 2.75) is 13.0 Å². The Hall–Kier alpha value is -3.23. The standard InChI is InChI=1S/C21H21N3O4S/c1-14(28-20(27)16-9-5-6-10-17(16)22-11-12-25)19(26)24-21-23-18(13-29-21)15-7-3-2-4-8-15/h2-10,13-14,22,25H,11-12H2,1H3,(H,23,24,26)/t14-/m1/s1. The number of aliphatic hydroxyl groups is 1. The summed E-state index contributed by atoms with van der Waals surface area (Å²) in [6, 6.07) is 16.4. The van der Waals surface area contributed by atoms with Gasteiger partial charge in [-0.3, -0.25) is 10.1 Å². The maximum absolute atomic E-state index is 12.5. The number of aliphatic hydroxyl groups excluding tert-OH is 1. The quantitative estimate of drug-likeness (QED) is 0.491. The number of esters is 1. The Labute approximate surface area is 172 Å². The Morgan fingerprint density at radius 3 is 2.62 bits per heavy atom. The number of rotatable bonds is 8.